The van der Waals surface area contributed by atoms with Crippen molar-refractivity contribution in [2.75, 3.05) is 0 Å². The largest absolute Gasteiger partial charge is 0.352 e. The van der Waals surface area contributed by atoms with E-state index in [1.54, 1.807) is 23.9 Å². The van der Waals surface area contributed by atoms with Crippen molar-refractivity contribution in [2.24, 2.45) is 12.8 Å². The highest BCUT2D eigenvalue weighted by Gasteiger charge is 2.17. The van der Waals surface area contributed by atoms with E-state index in [-0.39, 0.29) is 11.4 Å². The van der Waals surface area contributed by atoms with Gasteiger partial charge in [0, 0.05) is 41.4 Å². The fraction of sp³-hybridized carbons (Fsp3) is 0.273. The van der Waals surface area contributed by atoms with Gasteiger partial charge in [-0.2, -0.15) is 0 Å². The Balaban J connectivity index is 2.16. The second-order valence-corrected chi connectivity index (χ2v) is 7.62. The monoisotopic (exact) mass is 363 g/mol. The highest BCUT2D eigenvalue weighted by molar-refractivity contribution is 9.10. The number of hydrogen-bond acceptors (Lipinski definition) is 4. The number of sulfonamides is 1. The van der Waals surface area contributed by atoms with Crippen LogP contribution >= 0.6 is 27.3 Å². The molecule has 2 aromatic rings. The minimum atomic E-state index is -3.51. The molecular weight excluding hydrogens is 350 g/mol. The molecule has 0 fully saturated rings. The SMILES string of the molecule is Cn1cc(S(=O)(=O)NCc2sccc2Br)cc1CN. The van der Waals surface area contributed by atoms with Gasteiger partial charge in [-0.25, -0.2) is 13.1 Å². The average Bonchev–Trinajstić information content (AvgIpc) is 2.93. The summed E-state index contributed by atoms with van der Waals surface area (Å²) in [5.41, 5.74) is 6.31. The molecule has 0 saturated heterocycles. The first kappa shape index (κ1) is 14.7. The maximum atomic E-state index is 12.1. The molecule has 0 atom stereocenters. The molecule has 0 amide bonds. The molecule has 2 rings (SSSR count). The van der Waals surface area contributed by atoms with Crippen molar-refractivity contribution in [3.63, 3.8) is 0 Å². The number of hydrogen-bond donors (Lipinski definition) is 2. The molecule has 0 bridgehead atoms. The zero-order chi connectivity index (χ0) is 14.0. The highest BCUT2D eigenvalue weighted by Crippen LogP contribution is 2.23. The second-order valence-electron chi connectivity index (χ2n) is 4.00. The fourth-order valence-corrected chi connectivity index (χ4v) is 4.23. The van der Waals surface area contributed by atoms with Gasteiger partial charge in [0.25, 0.3) is 0 Å². The van der Waals surface area contributed by atoms with Crippen LogP contribution in [0.25, 0.3) is 0 Å². The minimum Gasteiger partial charge on any atom is -0.352 e. The van der Waals surface area contributed by atoms with E-state index in [9.17, 15) is 8.42 Å². The first-order valence-electron chi connectivity index (χ1n) is 5.51. The first-order chi connectivity index (χ1) is 8.94. The van der Waals surface area contributed by atoms with E-state index in [4.69, 9.17) is 5.73 Å². The Morgan fingerprint density at radius 1 is 1.53 bits per heavy atom. The fourth-order valence-electron chi connectivity index (χ4n) is 1.62. The minimum absolute atomic E-state index is 0.239. The van der Waals surface area contributed by atoms with Gasteiger partial charge in [0.15, 0.2) is 0 Å². The second kappa shape index (κ2) is 5.76. The van der Waals surface area contributed by atoms with Gasteiger partial charge in [0.2, 0.25) is 10.0 Å². The predicted molar refractivity (Wildman–Crippen MR) is 79.3 cm³/mol. The maximum Gasteiger partial charge on any atom is 0.242 e. The van der Waals surface area contributed by atoms with Gasteiger partial charge in [-0.3, -0.25) is 0 Å². The van der Waals surface area contributed by atoms with Crippen LogP contribution < -0.4 is 10.5 Å². The molecular formula is C11H14BrN3O2S2. The van der Waals surface area contributed by atoms with E-state index >= 15 is 0 Å². The van der Waals surface area contributed by atoms with E-state index < -0.39 is 10.0 Å². The lowest BCUT2D eigenvalue weighted by atomic mass is 10.4. The lowest BCUT2D eigenvalue weighted by Crippen LogP contribution is -2.22. The summed E-state index contributed by atoms with van der Waals surface area (Å²) in [5, 5.41) is 1.91. The molecule has 0 aliphatic carbocycles. The van der Waals surface area contributed by atoms with Gasteiger partial charge >= 0.3 is 0 Å². The van der Waals surface area contributed by atoms with Gasteiger partial charge < -0.3 is 10.3 Å². The summed E-state index contributed by atoms with van der Waals surface area (Å²) in [6, 6.07) is 3.48. The van der Waals surface area contributed by atoms with Crippen LogP contribution in [-0.4, -0.2) is 13.0 Å². The molecule has 0 spiro atoms. The summed E-state index contributed by atoms with van der Waals surface area (Å²) in [7, 11) is -1.73. The molecule has 3 N–H and O–H groups in total. The Hall–Kier alpha value is -0.670. The number of aromatic nitrogens is 1. The standard InChI is InChI=1S/C11H14BrN3O2S2/c1-15-7-9(4-8(15)5-13)19(16,17)14-6-11-10(12)2-3-18-11/h2-4,7,14H,5-6,13H2,1H3. The van der Waals surface area contributed by atoms with Crippen molar-refractivity contribution in [1.29, 1.82) is 0 Å². The van der Waals surface area contributed by atoms with Crippen LogP contribution in [0.3, 0.4) is 0 Å². The van der Waals surface area contributed by atoms with Crippen molar-refractivity contribution in [3.05, 3.63) is 38.8 Å². The summed E-state index contributed by atoms with van der Waals surface area (Å²) < 4.78 is 29.5. The number of nitrogens with one attached hydrogen (secondary N) is 1. The maximum absolute atomic E-state index is 12.1. The quantitative estimate of drug-likeness (QED) is 0.849. The van der Waals surface area contributed by atoms with Crippen LogP contribution in [0.5, 0.6) is 0 Å². The highest BCUT2D eigenvalue weighted by atomic mass is 79.9. The van der Waals surface area contributed by atoms with Crippen molar-refractivity contribution in [1.82, 2.24) is 9.29 Å². The zero-order valence-electron chi connectivity index (χ0n) is 10.3. The van der Waals surface area contributed by atoms with E-state index in [0.29, 0.717) is 6.54 Å². The van der Waals surface area contributed by atoms with Gasteiger partial charge in [-0.1, -0.05) is 0 Å². The molecule has 19 heavy (non-hydrogen) atoms. The smallest absolute Gasteiger partial charge is 0.242 e. The summed E-state index contributed by atoms with van der Waals surface area (Å²) in [4.78, 5) is 1.18. The van der Waals surface area contributed by atoms with Crippen molar-refractivity contribution >= 4 is 37.3 Å². The molecule has 2 aromatic heterocycles. The number of nitrogens with two attached hydrogens (primary N) is 1. The van der Waals surface area contributed by atoms with E-state index in [0.717, 1.165) is 15.0 Å². The van der Waals surface area contributed by atoms with Crippen molar-refractivity contribution in [3.8, 4) is 0 Å². The molecule has 8 heteroatoms. The third-order valence-corrected chi connectivity index (χ3v) is 6.01. The van der Waals surface area contributed by atoms with Crippen LogP contribution in [0, 0.1) is 0 Å². The van der Waals surface area contributed by atoms with E-state index in [1.165, 1.54) is 11.3 Å². The van der Waals surface area contributed by atoms with Gasteiger partial charge in [-0.15, -0.1) is 11.3 Å². The molecule has 0 aliphatic rings. The number of halogens is 1. The van der Waals surface area contributed by atoms with Crippen LogP contribution in [0.2, 0.25) is 0 Å². The summed E-state index contributed by atoms with van der Waals surface area (Å²) in [5.74, 6) is 0. The van der Waals surface area contributed by atoms with Crippen LogP contribution in [0.4, 0.5) is 0 Å². The van der Waals surface area contributed by atoms with Gasteiger partial charge in [-0.05, 0) is 33.4 Å². The lowest BCUT2D eigenvalue weighted by Gasteiger charge is -2.03. The third kappa shape index (κ3) is 3.26. The van der Waals surface area contributed by atoms with E-state index in [2.05, 4.69) is 20.7 Å². The van der Waals surface area contributed by atoms with Gasteiger partial charge in [0.1, 0.15) is 0 Å². The molecule has 0 unspecified atom stereocenters. The molecule has 0 radical (unpaired) electrons. The Bertz CT molecular complexity index is 676. The number of nitrogens with zero attached hydrogens (tertiary/aromatic N) is 1. The third-order valence-electron chi connectivity index (χ3n) is 2.72. The number of aryl methyl sites for hydroxylation is 1. The van der Waals surface area contributed by atoms with Crippen LogP contribution in [0.15, 0.2) is 33.1 Å². The molecule has 0 aliphatic heterocycles. The first-order valence-corrected chi connectivity index (χ1v) is 8.66. The Kier molecular flexibility index (Phi) is 4.46. The van der Waals surface area contributed by atoms with Crippen molar-refractivity contribution < 1.29 is 8.42 Å². The molecule has 104 valence electrons. The number of rotatable bonds is 5. The lowest BCUT2D eigenvalue weighted by molar-refractivity contribution is 0.581. The molecule has 5 nitrogen and oxygen atoms in total. The number of thiophene rings is 1. The summed E-state index contributed by atoms with van der Waals surface area (Å²) in [6.45, 7) is 0.579. The van der Waals surface area contributed by atoms with Crippen LogP contribution in [0.1, 0.15) is 10.6 Å². The Morgan fingerprint density at radius 3 is 2.79 bits per heavy atom. The van der Waals surface area contributed by atoms with E-state index in [1.807, 2.05) is 11.4 Å². The molecule has 0 saturated carbocycles. The Morgan fingerprint density at radius 2 is 2.26 bits per heavy atom. The predicted octanol–water partition coefficient (Wildman–Crippen LogP) is 1.79. The zero-order valence-corrected chi connectivity index (χ0v) is 13.5. The topological polar surface area (TPSA) is 77.1 Å². The molecule has 2 heterocycles. The normalized spacial score (nSPS) is 11.9. The average molecular weight is 364 g/mol. The summed E-state index contributed by atoms with van der Waals surface area (Å²) >= 11 is 4.87. The summed E-state index contributed by atoms with van der Waals surface area (Å²) in [6.07, 6.45) is 1.56. The van der Waals surface area contributed by atoms with Crippen LogP contribution in [-0.2, 0) is 30.2 Å². The Labute approximate surface area is 124 Å². The molecule has 0 aromatic carbocycles. The van der Waals surface area contributed by atoms with Crippen molar-refractivity contribution in [2.45, 2.75) is 18.0 Å². The van der Waals surface area contributed by atoms with Gasteiger partial charge in [0.05, 0.1) is 4.90 Å².